The molecule has 0 spiro atoms. The van der Waals surface area contributed by atoms with E-state index in [0.29, 0.717) is 21.5 Å². The van der Waals surface area contributed by atoms with E-state index in [0.717, 1.165) is 5.75 Å². The Morgan fingerprint density at radius 2 is 1.70 bits per heavy atom. The molecule has 104 valence electrons. The van der Waals surface area contributed by atoms with Gasteiger partial charge in [0.25, 0.3) is 0 Å². The number of methoxy groups -OCH3 is 1. The van der Waals surface area contributed by atoms with Gasteiger partial charge in [0, 0.05) is 10.0 Å². The third-order valence-electron chi connectivity index (χ3n) is 2.62. The summed E-state index contributed by atoms with van der Waals surface area (Å²) in [6.45, 7) is 0. The summed E-state index contributed by atoms with van der Waals surface area (Å²) in [5.41, 5.74) is 6.14. The maximum Gasteiger partial charge on any atom is 0.171 e. The van der Waals surface area contributed by atoms with Crippen molar-refractivity contribution in [1.29, 1.82) is 0 Å². The molecular formula is C14H13BrN2O3. The van der Waals surface area contributed by atoms with Crippen molar-refractivity contribution in [3.05, 3.63) is 52.5 Å². The number of ether oxygens (including phenoxy) is 2. The molecule has 0 aliphatic heterocycles. The van der Waals surface area contributed by atoms with Crippen LogP contribution in [0.1, 0.15) is 5.56 Å². The van der Waals surface area contributed by atoms with Crippen molar-refractivity contribution in [2.45, 2.75) is 0 Å². The molecule has 0 saturated heterocycles. The topological polar surface area (TPSA) is 77.1 Å². The number of halogens is 1. The lowest BCUT2D eigenvalue weighted by atomic mass is 10.2. The zero-order chi connectivity index (χ0) is 14.5. The molecule has 0 fully saturated rings. The molecule has 0 amide bonds. The minimum atomic E-state index is 0.0351. The quantitative estimate of drug-likeness (QED) is 0.388. The van der Waals surface area contributed by atoms with Gasteiger partial charge in [-0.25, -0.2) is 0 Å². The van der Waals surface area contributed by atoms with Crippen LogP contribution in [0.3, 0.4) is 0 Å². The number of nitrogens with zero attached hydrogens (tertiary/aromatic N) is 1. The Kier molecular flexibility index (Phi) is 4.47. The Hall–Kier alpha value is -2.21. The highest BCUT2D eigenvalue weighted by Crippen LogP contribution is 2.28. The molecular weight excluding hydrogens is 324 g/mol. The van der Waals surface area contributed by atoms with Gasteiger partial charge in [0.1, 0.15) is 17.2 Å². The van der Waals surface area contributed by atoms with Crippen molar-refractivity contribution >= 4 is 21.8 Å². The van der Waals surface area contributed by atoms with Crippen LogP contribution in [0, 0.1) is 0 Å². The van der Waals surface area contributed by atoms with Crippen LogP contribution in [0.15, 0.2) is 52.1 Å². The van der Waals surface area contributed by atoms with Gasteiger partial charge in [-0.1, -0.05) is 5.16 Å². The zero-order valence-corrected chi connectivity index (χ0v) is 12.3. The lowest BCUT2D eigenvalue weighted by Gasteiger charge is -2.09. The predicted octanol–water partition coefficient (Wildman–Crippen LogP) is 3.34. The summed E-state index contributed by atoms with van der Waals surface area (Å²) < 4.78 is 11.5. The predicted molar refractivity (Wildman–Crippen MR) is 79.7 cm³/mol. The fraction of sp³-hybridized carbons (Fsp3) is 0.0714. The summed E-state index contributed by atoms with van der Waals surface area (Å²) >= 11 is 3.35. The number of hydrogen-bond acceptors (Lipinski definition) is 4. The summed E-state index contributed by atoms with van der Waals surface area (Å²) in [6, 6.07) is 12.4. The van der Waals surface area contributed by atoms with Crippen LogP contribution in [0.25, 0.3) is 0 Å². The molecule has 0 aliphatic carbocycles. The maximum absolute atomic E-state index is 8.67. The number of rotatable bonds is 4. The van der Waals surface area contributed by atoms with Gasteiger partial charge >= 0.3 is 0 Å². The Labute approximate surface area is 124 Å². The second-order valence-electron chi connectivity index (χ2n) is 3.90. The highest BCUT2D eigenvalue weighted by atomic mass is 79.9. The first-order valence-corrected chi connectivity index (χ1v) is 6.52. The second kappa shape index (κ2) is 6.29. The van der Waals surface area contributed by atoms with Crippen molar-refractivity contribution in [2.24, 2.45) is 10.9 Å². The molecule has 6 heteroatoms. The SMILES string of the molecule is COc1ccc(Oc2ccc(/C(N)=N/O)c(Br)c2)cc1. The van der Waals surface area contributed by atoms with Crippen LogP contribution in [0.4, 0.5) is 0 Å². The van der Waals surface area contributed by atoms with E-state index in [-0.39, 0.29) is 5.84 Å². The minimum Gasteiger partial charge on any atom is -0.497 e. The molecule has 0 bridgehead atoms. The van der Waals surface area contributed by atoms with Gasteiger partial charge in [-0.2, -0.15) is 0 Å². The van der Waals surface area contributed by atoms with Crippen LogP contribution in [0.2, 0.25) is 0 Å². The first kappa shape index (κ1) is 14.2. The van der Waals surface area contributed by atoms with Gasteiger partial charge in [-0.05, 0) is 58.4 Å². The molecule has 2 aromatic rings. The van der Waals surface area contributed by atoms with Gasteiger partial charge in [-0.3, -0.25) is 0 Å². The third-order valence-corrected chi connectivity index (χ3v) is 3.28. The number of hydrogen-bond donors (Lipinski definition) is 2. The fourth-order valence-electron chi connectivity index (χ4n) is 1.60. The average Bonchev–Trinajstić information content (AvgIpc) is 2.47. The Bertz CT molecular complexity index is 627. The maximum atomic E-state index is 8.67. The summed E-state index contributed by atoms with van der Waals surface area (Å²) in [4.78, 5) is 0. The smallest absolute Gasteiger partial charge is 0.171 e. The van der Waals surface area contributed by atoms with Crippen LogP contribution < -0.4 is 15.2 Å². The van der Waals surface area contributed by atoms with Crippen molar-refractivity contribution in [1.82, 2.24) is 0 Å². The van der Waals surface area contributed by atoms with E-state index >= 15 is 0 Å². The lowest BCUT2D eigenvalue weighted by Crippen LogP contribution is -2.13. The van der Waals surface area contributed by atoms with E-state index in [4.69, 9.17) is 20.4 Å². The first-order valence-electron chi connectivity index (χ1n) is 5.73. The van der Waals surface area contributed by atoms with Gasteiger partial charge in [0.2, 0.25) is 0 Å². The van der Waals surface area contributed by atoms with E-state index in [1.165, 1.54) is 0 Å². The summed E-state index contributed by atoms with van der Waals surface area (Å²) in [5.74, 6) is 2.12. The first-order chi connectivity index (χ1) is 9.63. The Morgan fingerprint density at radius 1 is 1.10 bits per heavy atom. The molecule has 0 saturated carbocycles. The largest absolute Gasteiger partial charge is 0.497 e. The van der Waals surface area contributed by atoms with Crippen LogP contribution in [-0.4, -0.2) is 18.2 Å². The standard InChI is InChI=1S/C14H13BrN2O3/c1-19-9-2-4-10(5-3-9)20-11-6-7-12(13(15)8-11)14(16)17-18/h2-8,18H,1H3,(H2,16,17). The van der Waals surface area contributed by atoms with E-state index in [1.54, 1.807) is 25.3 Å². The molecule has 0 aromatic heterocycles. The number of benzene rings is 2. The highest BCUT2D eigenvalue weighted by Gasteiger charge is 2.07. The van der Waals surface area contributed by atoms with Crippen molar-refractivity contribution in [3.8, 4) is 17.2 Å². The highest BCUT2D eigenvalue weighted by molar-refractivity contribution is 9.10. The van der Waals surface area contributed by atoms with E-state index in [2.05, 4.69) is 21.1 Å². The summed E-state index contributed by atoms with van der Waals surface area (Å²) in [7, 11) is 1.61. The zero-order valence-electron chi connectivity index (χ0n) is 10.7. The number of oxime groups is 1. The molecule has 0 heterocycles. The van der Waals surface area contributed by atoms with E-state index < -0.39 is 0 Å². The normalized spacial score (nSPS) is 11.2. The van der Waals surface area contributed by atoms with Crippen molar-refractivity contribution in [2.75, 3.05) is 7.11 Å². The van der Waals surface area contributed by atoms with Gasteiger partial charge in [0.15, 0.2) is 5.84 Å². The Morgan fingerprint density at radius 3 is 2.25 bits per heavy atom. The monoisotopic (exact) mass is 336 g/mol. The van der Waals surface area contributed by atoms with Crippen molar-refractivity contribution < 1.29 is 14.7 Å². The molecule has 3 N–H and O–H groups in total. The van der Waals surface area contributed by atoms with Crippen molar-refractivity contribution in [3.63, 3.8) is 0 Å². The van der Waals surface area contributed by atoms with Crippen LogP contribution in [-0.2, 0) is 0 Å². The van der Waals surface area contributed by atoms with Gasteiger partial charge < -0.3 is 20.4 Å². The van der Waals surface area contributed by atoms with Crippen LogP contribution >= 0.6 is 15.9 Å². The lowest BCUT2D eigenvalue weighted by molar-refractivity contribution is 0.318. The molecule has 5 nitrogen and oxygen atoms in total. The van der Waals surface area contributed by atoms with E-state index in [1.807, 2.05) is 24.3 Å². The van der Waals surface area contributed by atoms with Gasteiger partial charge in [0.05, 0.1) is 7.11 Å². The summed E-state index contributed by atoms with van der Waals surface area (Å²) in [6.07, 6.45) is 0. The summed E-state index contributed by atoms with van der Waals surface area (Å²) in [5, 5.41) is 11.6. The minimum absolute atomic E-state index is 0.0351. The molecule has 0 aliphatic rings. The molecule has 2 rings (SSSR count). The van der Waals surface area contributed by atoms with Gasteiger partial charge in [-0.15, -0.1) is 0 Å². The van der Waals surface area contributed by atoms with Crippen LogP contribution in [0.5, 0.6) is 17.2 Å². The molecule has 0 radical (unpaired) electrons. The average molecular weight is 337 g/mol. The molecule has 20 heavy (non-hydrogen) atoms. The Balaban J connectivity index is 2.19. The molecule has 0 atom stereocenters. The molecule has 0 unspecified atom stereocenters. The number of amidine groups is 1. The molecule has 2 aromatic carbocycles. The van der Waals surface area contributed by atoms with E-state index in [9.17, 15) is 0 Å². The fourth-order valence-corrected chi connectivity index (χ4v) is 2.16. The third kappa shape index (κ3) is 3.21. The number of nitrogens with two attached hydrogens (primary N) is 1. The second-order valence-corrected chi connectivity index (χ2v) is 4.76.